The maximum atomic E-state index is 13.2. The molecule has 108 valence electrons. The lowest BCUT2D eigenvalue weighted by molar-refractivity contribution is 0.428. The van der Waals surface area contributed by atoms with Gasteiger partial charge in [0.2, 0.25) is 0 Å². The van der Waals surface area contributed by atoms with Crippen LogP contribution < -0.4 is 5.32 Å². The van der Waals surface area contributed by atoms with Gasteiger partial charge in [0.05, 0.1) is 0 Å². The summed E-state index contributed by atoms with van der Waals surface area (Å²) in [6.07, 6.45) is 0. The molecule has 0 saturated heterocycles. The van der Waals surface area contributed by atoms with Crippen LogP contribution in [0.2, 0.25) is 0 Å². The van der Waals surface area contributed by atoms with E-state index in [-0.39, 0.29) is 5.82 Å². The molecule has 0 spiro atoms. The largest absolute Gasteiger partial charge is 0.309 e. The molecule has 4 heteroatoms. The molecule has 0 radical (unpaired) electrons. The Bertz CT molecular complexity index is 580. The van der Waals surface area contributed by atoms with E-state index in [1.807, 2.05) is 6.07 Å². The Morgan fingerprint density at radius 1 is 1.25 bits per heavy atom. The van der Waals surface area contributed by atoms with E-state index < -0.39 is 0 Å². The molecule has 0 aliphatic rings. The molecule has 1 N–H and O–H groups in total. The molecule has 1 aromatic heterocycles. The van der Waals surface area contributed by atoms with E-state index in [0.717, 1.165) is 15.7 Å². The number of hydrogen-bond acceptors (Lipinski definition) is 2. The molecule has 1 heterocycles. The van der Waals surface area contributed by atoms with Gasteiger partial charge in [-0.1, -0.05) is 20.8 Å². The van der Waals surface area contributed by atoms with Gasteiger partial charge in [-0.2, -0.15) is 0 Å². The minimum Gasteiger partial charge on any atom is -0.309 e. The third-order valence-electron chi connectivity index (χ3n) is 3.22. The quantitative estimate of drug-likeness (QED) is 0.654. The van der Waals surface area contributed by atoms with E-state index in [1.54, 1.807) is 17.4 Å². The van der Waals surface area contributed by atoms with Crippen LogP contribution in [0.3, 0.4) is 0 Å². The fraction of sp³-hybridized carbons (Fsp3) is 0.375. The molecule has 1 unspecified atom stereocenters. The third-order valence-corrected chi connectivity index (χ3v) is 5.31. The summed E-state index contributed by atoms with van der Waals surface area (Å²) in [4.78, 5) is 2.55. The Morgan fingerprint density at radius 2 is 2.00 bits per heavy atom. The molecule has 0 bridgehead atoms. The normalized spacial score (nSPS) is 12.9. The van der Waals surface area contributed by atoms with E-state index in [1.165, 1.54) is 15.8 Å². The number of halogens is 2. The average molecular weight is 403 g/mol. The summed E-state index contributed by atoms with van der Waals surface area (Å²) in [7, 11) is 0. The second kappa shape index (κ2) is 7.00. The Hall–Kier alpha value is -0.460. The van der Waals surface area contributed by atoms with Gasteiger partial charge in [-0.25, -0.2) is 4.39 Å². The van der Waals surface area contributed by atoms with Gasteiger partial charge in [0.1, 0.15) is 5.82 Å². The Balaban J connectivity index is 2.32. The molecule has 0 amide bonds. The van der Waals surface area contributed by atoms with Crippen molar-refractivity contribution in [2.75, 3.05) is 6.54 Å². The summed E-state index contributed by atoms with van der Waals surface area (Å²) in [5.41, 5.74) is 1.11. The molecule has 2 aromatic rings. The summed E-state index contributed by atoms with van der Waals surface area (Å²) < 4.78 is 14.2. The van der Waals surface area contributed by atoms with Gasteiger partial charge in [0.25, 0.3) is 0 Å². The van der Waals surface area contributed by atoms with Crippen molar-refractivity contribution in [3.8, 4) is 10.4 Å². The van der Waals surface area contributed by atoms with Gasteiger partial charge < -0.3 is 5.32 Å². The number of rotatable bonds is 5. The van der Waals surface area contributed by atoms with Crippen molar-refractivity contribution in [3.05, 3.63) is 44.6 Å². The molecular formula is C16H19FINS. The molecule has 0 fully saturated rings. The summed E-state index contributed by atoms with van der Waals surface area (Å²) >= 11 is 3.99. The predicted molar refractivity (Wildman–Crippen MR) is 93.7 cm³/mol. The fourth-order valence-corrected chi connectivity index (χ4v) is 4.49. The lowest BCUT2D eigenvalue weighted by Gasteiger charge is -2.20. The van der Waals surface area contributed by atoms with Crippen molar-refractivity contribution in [1.82, 2.24) is 5.32 Å². The van der Waals surface area contributed by atoms with Gasteiger partial charge in [-0.05, 0) is 65.4 Å². The molecule has 20 heavy (non-hydrogen) atoms. The number of hydrogen-bond donors (Lipinski definition) is 1. The van der Waals surface area contributed by atoms with Crippen LogP contribution in [0.4, 0.5) is 4.39 Å². The molecule has 1 aromatic carbocycles. The highest BCUT2D eigenvalue weighted by Crippen LogP contribution is 2.36. The smallest absolute Gasteiger partial charge is 0.124 e. The van der Waals surface area contributed by atoms with Crippen LogP contribution in [0.25, 0.3) is 10.4 Å². The van der Waals surface area contributed by atoms with E-state index in [9.17, 15) is 4.39 Å². The SMILES string of the molecule is CCNC(c1ccc(-c2ccc(F)cc2I)s1)C(C)C. The van der Waals surface area contributed by atoms with Gasteiger partial charge in [0, 0.05) is 24.9 Å². The molecule has 0 saturated carbocycles. The number of nitrogens with one attached hydrogen (secondary N) is 1. The van der Waals surface area contributed by atoms with E-state index in [2.05, 4.69) is 60.8 Å². The highest BCUT2D eigenvalue weighted by atomic mass is 127. The van der Waals surface area contributed by atoms with Gasteiger partial charge in [0.15, 0.2) is 0 Å². The Kier molecular flexibility index (Phi) is 5.57. The van der Waals surface area contributed by atoms with Gasteiger partial charge in [-0.15, -0.1) is 11.3 Å². The summed E-state index contributed by atoms with van der Waals surface area (Å²) in [6.45, 7) is 7.56. The van der Waals surface area contributed by atoms with Crippen LogP contribution >= 0.6 is 33.9 Å². The topological polar surface area (TPSA) is 12.0 Å². The maximum Gasteiger partial charge on any atom is 0.124 e. The molecule has 1 nitrogen and oxygen atoms in total. The highest BCUT2D eigenvalue weighted by Gasteiger charge is 2.17. The fourth-order valence-electron chi connectivity index (χ4n) is 2.24. The lowest BCUT2D eigenvalue weighted by atomic mass is 10.0. The second-order valence-corrected chi connectivity index (χ2v) is 7.38. The number of benzene rings is 1. The molecule has 1 atom stereocenters. The zero-order chi connectivity index (χ0) is 14.7. The van der Waals surface area contributed by atoms with Crippen LogP contribution in [0.5, 0.6) is 0 Å². The second-order valence-electron chi connectivity index (χ2n) is 5.11. The third kappa shape index (κ3) is 3.59. The van der Waals surface area contributed by atoms with Gasteiger partial charge >= 0.3 is 0 Å². The molecular weight excluding hydrogens is 384 g/mol. The van der Waals surface area contributed by atoms with Crippen molar-refractivity contribution in [2.24, 2.45) is 5.92 Å². The standard InChI is InChI=1S/C16H19FINS/c1-4-19-16(10(2)3)15-8-7-14(20-15)12-6-5-11(17)9-13(12)18/h5-10,16,19H,4H2,1-3H3. The lowest BCUT2D eigenvalue weighted by Crippen LogP contribution is -2.24. The number of thiophene rings is 1. The van der Waals surface area contributed by atoms with Crippen molar-refractivity contribution >= 4 is 33.9 Å². The monoisotopic (exact) mass is 403 g/mol. The van der Waals surface area contributed by atoms with Crippen LogP contribution in [-0.2, 0) is 0 Å². The van der Waals surface area contributed by atoms with Gasteiger partial charge in [-0.3, -0.25) is 0 Å². The van der Waals surface area contributed by atoms with Crippen LogP contribution in [0.1, 0.15) is 31.7 Å². The Morgan fingerprint density at radius 3 is 2.60 bits per heavy atom. The van der Waals surface area contributed by atoms with Crippen molar-refractivity contribution in [1.29, 1.82) is 0 Å². The molecule has 0 aliphatic heterocycles. The summed E-state index contributed by atoms with van der Waals surface area (Å²) in [5, 5.41) is 3.54. The van der Waals surface area contributed by atoms with E-state index >= 15 is 0 Å². The first kappa shape index (κ1) is 15.9. The predicted octanol–water partition coefficient (Wildman–Crippen LogP) is 5.47. The Labute approximate surface area is 137 Å². The summed E-state index contributed by atoms with van der Waals surface area (Å²) in [6, 6.07) is 9.69. The summed E-state index contributed by atoms with van der Waals surface area (Å²) in [5.74, 6) is 0.372. The van der Waals surface area contributed by atoms with Crippen molar-refractivity contribution < 1.29 is 4.39 Å². The first-order valence-electron chi connectivity index (χ1n) is 6.81. The van der Waals surface area contributed by atoms with Crippen LogP contribution in [-0.4, -0.2) is 6.54 Å². The van der Waals surface area contributed by atoms with Crippen molar-refractivity contribution in [3.63, 3.8) is 0 Å². The van der Waals surface area contributed by atoms with Crippen molar-refractivity contribution in [2.45, 2.75) is 26.8 Å². The molecule has 2 rings (SSSR count). The maximum absolute atomic E-state index is 13.2. The minimum absolute atomic E-state index is 0.178. The van der Waals surface area contributed by atoms with E-state index in [4.69, 9.17) is 0 Å². The molecule has 0 aliphatic carbocycles. The zero-order valence-electron chi connectivity index (χ0n) is 11.9. The van der Waals surface area contributed by atoms with Crippen LogP contribution in [0.15, 0.2) is 30.3 Å². The first-order valence-corrected chi connectivity index (χ1v) is 8.71. The van der Waals surface area contributed by atoms with Crippen LogP contribution in [0, 0.1) is 15.3 Å². The minimum atomic E-state index is -0.178. The highest BCUT2D eigenvalue weighted by molar-refractivity contribution is 14.1. The zero-order valence-corrected chi connectivity index (χ0v) is 14.9. The van der Waals surface area contributed by atoms with E-state index in [0.29, 0.717) is 12.0 Å². The average Bonchev–Trinajstić information content (AvgIpc) is 2.84. The first-order chi connectivity index (χ1) is 9.52.